The molecule has 1 aliphatic rings. The molecule has 0 saturated heterocycles. The van der Waals surface area contributed by atoms with Gasteiger partial charge in [-0.05, 0) is 48.8 Å². The van der Waals surface area contributed by atoms with Crippen LogP contribution in [0.3, 0.4) is 0 Å². The van der Waals surface area contributed by atoms with E-state index >= 15 is 0 Å². The van der Waals surface area contributed by atoms with Gasteiger partial charge in [-0.2, -0.15) is 0 Å². The first-order valence-electron chi connectivity index (χ1n) is 5.02. The third kappa shape index (κ3) is 1.49. The quantitative estimate of drug-likeness (QED) is 0.733. The molecule has 1 atom stereocenters. The molecule has 2 rings (SSSR count). The molecule has 0 amide bonds. The Balaban J connectivity index is 2.34. The van der Waals surface area contributed by atoms with Crippen LogP contribution in [0.5, 0.6) is 0 Å². The van der Waals surface area contributed by atoms with Gasteiger partial charge >= 0.3 is 0 Å². The van der Waals surface area contributed by atoms with E-state index in [1.807, 2.05) is 0 Å². The average Bonchev–Trinajstić information content (AvgIpc) is 2.51. The van der Waals surface area contributed by atoms with Crippen LogP contribution in [0.15, 0.2) is 18.2 Å². The van der Waals surface area contributed by atoms with Crippen LogP contribution in [-0.4, -0.2) is 11.7 Å². The molecule has 1 aromatic carbocycles. The molecule has 0 bridgehead atoms. The number of benzene rings is 1. The number of aliphatic hydroxyl groups is 1. The van der Waals surface area contributed by atoms with Crippen molar-refractivity contribution in [3.05, 3.63) is 34.9 Å². The molecule has 1 aromatic rings. The molecule has 1 aliphatic carbocycles. The molecule has 0 heterocycles. The third-order valence-corrected chi connectivity index (χ3v) is 3.06. The molecule has 13 heavy (non-hydrogen) atoms. The van der Waals surface area contributed by atoms with Crippen molar-refractivity contribution in [3.8, 4) is 0 Å². The highest BCUT2D eigenvalue weighted by Gasteiger charge is 2.22. The number of aliphatic hydroxyl groups excluding tert-OH is 1. The Bertz CT molecular complexity index is 302. The predicted octanol–water partition coefficient (Wildman–Crippen LogP) is 2.41. The van der Waals surface area contributed by atoms with Crippen molar-refractivity contribution >= 4 is 0 Å². The van der Waals surface area contributed by atoms with Crippen molar-refractivity contribution < 1.29 is 5.11 Å². The van der Waals surface area contributed by atoms with Gasteiger partial charge in [0, 0.05) is 6.61 Å². The highest BCUT2D eigenvalue weighted by Crippen LogP contribution is 2.37. The summed E-state index contributed by atoms with van der Waals surface area (Å²) in [6, 6.07) is 6.53. The zero-order chi connectivity index (χ0) is 9.26. The minimum absolute atomic E-state index is 0.318. The maximum atomic E-state index is 8.94. The number of fused-ring (bicyclic) bond motifs is 1. The predicted molar refractivity (Wildman–Crippen MR) is 53.9 cm³/mol. The van der Waals surface area contributed by atoms with Crippen LogP contribution >= 0.6 is 0 Å². The van der Waals surface area contributed by atoms with E-state index in [0.29, 0.717) is 12.5 Å². The van der Waals surface area contributed by atoms with Gasteiger partial charge in [0.05, 0.1) is 0 Å². The molecule has 0 fully saturated rings. The first-order chi connectivity index (χ1) is 6.33. The lowest BCUT2D eigenvalue weighted by Crippen LogP contribution is -1.98. The van der Waals surface area contributed by atoms with Gasteiger partial charge in [-0.15, -0.1) is 0 Å². The summed E-state index contributed by atoms with van der Waals surface area (Å²) < 4.78 is 0. The highest BCUT2D eigenvalue weighted by molar-refractivity contribution is 5.40. The van der Waals surface area contributed by atoms with Gasteiger partial charge in [0.25, 0.3) is 0 Å². The summed E-state index contributed by atoms with van der Waals surface area (Å²) in [5.41, 5.74) is 4.41. The van der Waals surface area contributed by atoms with Crippen molar-refractivity contribution in [2.75, 3.05) is 6.61 Å². The molecule has 1 nitrogen and oxygen atoms in total. The fraction of sp³-hybridized carbons (Fsp3) is 0.500. The third-order valence-electron chi connectivity index (χ3n) is 3.06. The van der Waals surface area contributed by atoms with Gasteiger partial charge in [-0.3, -0.25) is 0 Å². The topological polar surface area (TPSA) is 20.2 Å². The van der Waals surface area contributed by atoms with Crippen molar-refractivity contribution in [2.45, 2.75) is 32.1 Å². The molecule has 0 radical (unpaired) electrons. The Kier molecular flexibility index (Phi) is 2.36. The SMILES string of the molecule is Cc1cccc2c1C(CCO)CC2. The van der Waals surface area contributed by atoms with E-state index in [1.54, 1.807) is 0 Å². The van der Waals surface area contributed by atoms with E-state index in [2.05, 4.69) is 25.1 Å². The number of rotatable bonds is 2. The summed E-state index contributed by atoms with van der Waals surface area (Å²) in [4.78, 5) is 0. The van der Waals surface area contributed by atoms with E-state index in [9.17, 15) is 0 Å². The standard InChI is InChI=1S/C12H16O/c1-9-3-2-4-10-5-6-11(7-8-13)12(9)10/h2-4,11,13H,5-8H2,1H3. The van der Waals surface area contributed by atoms with Crippen LogP contribution in [0.2, 0.25) is 0 Å². The van der Waals surface area contributed by atoms with Crippen LogP contribution in [0.4, 0.5) is 0 Å². The minimum Gasteiger partial charge on any atom is -0.396 e. The van der Waals surface area contributed by atoms with E-state index in [-0.39, 0.29) is 0 Å². The molecule has 1 N–H and O–H groups in total. The smallest absolute Gasteiger partial charge is 0.0436 e. The fourth-order valence-corrected chi connectivity index (χ4v) is 2.46. The second-order valence-electron chi connectivity index (χ2n) is 3.90. The fourth-order valence-electron chi connectivity index (χ4n) is 2.46. The van der Waals surface area contributed by atoms with Gasteiger partial charge in [-0.25, -0.2) is 0 Å². The van der Waals surface area contributed by atoms with Crippen molar-refractivity contribution in [3.63, 3.8) is 0 Å². The maximum absolute atomic E-state index is 8.94. The Morgan fingerprint density at radius 3 is 3.08 bits per heavy atom. The molecule has 1 unspecified atom stereocenters. The zero-order valence-corrected chi connectivity index (χ0v) is 8.09. The average molecular weight is 176 g/mol. The van der Waals surface area contributed by atoms with Crippen LogP contribution in [-0.2, 0) is 6.42 Å². The van der Waals surface area contributed by atoms with Crippen LogP contribution in [0.1, 0.15) is 35.4 Å². The summed E-state index contributed by atoms with van der Waals surface area (Å²) in [7, 11) is 0. The number of hydrogen-bond donors (Lipinski definition) is 1. The molecule has 0 aromatic heterocycles. The molecular weight excluding hydrogens is 160 g/mol. The van der Waals surface area contributed by atoms with Crippen molar-refractivity contribution in [1.82, 2.24) is 0 Å². The van der Waals surface area contributed by atoms with Gasteiger partial charge in [0.1, 0.15) is 0 Å². The van der Waals surface area contributed by atoms with Gasteiger partial charge in [0.2, 0.25) is 0 Å². The Labute approximate surface area is 79.4 Å². The maximum Gasteiger partial charge on any atom is 0.0436 e. The summed E-state index contributed by atoms with van der Waals surface area (Å²) in [6.45, 7) is 2.49. The van der Waals surface area contributed by atoms with E-state index in [4.69, 9.17) is 5.11 Å². The molecule has 0 spiro atoms. The van der Waals surface area contributed by atoms with Crippen molar-refractivity contribution in [1.29, 1.82) is 0 Å². The van der Waals surface area contributed by atoms with Crippen LogP contribution < -0.4 is 0 Å². The second kappa shape index (κ2) is 3.51. The highest BCUT2D eigenvalue weighted by atomic mass is 16.3. The van der Waals surface area contributed by atoms with E-state index in [0.717, 1.165) is 6.42 Å². The van der Waals surface area contributed by atoms with E-state index < -0.39 is 0 Å². The van der Waals surface area contributed by atoms with Crippen LogP contribution in [0.25, 0.3) is 0 Å². The first-order valence-corrected chi connectivity index (χ1v) is 5.02. The Morgan fingerprint density at radius 2 is 2.31 bits per heavy atom. The summed E-state index contributed by atoms with van der Waals surface area (Å²) in [5.74, 6) is 0.612. The number of aryl methyl sites for hydroxylation is 2. The van der Waals surface area contributed by atoms with E-state index in [1.165, 1.54) is 29.5 Å². The first kappa shape index (κ1) is 8.76. The monoisotopic (exact) mass is 176 g/mol. The second-order valence-corrected chi connectivity index (χ2v) is 3.90. The van der Waals surface area contributed by atoms with Gasteiger partial charge < -0.3 is 5.11 Å². The lowest BCUT2D eigenvalue weighted by atomic mass is 9.94. The summed E-state index contributed by atoms with van der Waals surface area (Å²) >= 11 is 0. The molecule has 0 aliphatic heterocycles. The van der Waals surface area contributed by atoms with Gasteiger partial charge in [-0.1, -0.05) is 18.2 Å². The molecular formula is C12H16O. The Hall–Kier alpha value is -0.820. The lowest BCUT2D eigenvalue weighted by molar-refractivity contribution is 0.275. The van der Waals surface area contributed by atoms with Crippen molar-refractivity contribution in [2.24, 2.45) is 0 Å². The molecule has 0 saturated carbocycles. The lowest BCUT2D eigenvalue weighted by Gasteiger charge is -2.12. The molecule has 1 heteroatoms. The van der Waals surface area contributed by atoms with Crippen LogP contribution in [0, 0.1) is 6.92 Å². The summed E-state index contributed by atoms with van der Waals surface area (Å²) in [6.07, 6.45) is 3.35. The minimum atomic E-state index is 0.318. The number of hydrogen-bond acceptors (Lipinski definition) is 1. The normalized spacial score (nSPS) is 20.3. The van der Waals surface area contributed by atoms with Gasteiger partial charge in [0.15, 0.2) is 0 Å². The largest absolute Gasteiger partial charge is 0.396 e. The summed E-state index contributed by atoms with van der Waals surface area (Å²) in [5, 5.41) is 8.94. The zero-order valence-electron chi connectivity index (χ0n) is 8.09. The molecule has 70 valence electrons. The Morgan fingerprint density at radius 1 is 1.46 bits per heavy atom.